The minimum atomic E-state index is -0.173. The van der Waals surface area contributed by atoms with Crippen LogP contribution < -0.4 is 11.1 Å². The number of nitrogens with one attached hydrogen (secondary N) is 1. The van der Waals surface area contributed by atoms with Crippen LogP contribution in [0.25, 0.3) is 0 Å². The van der Waals surface area contributed by atoms with Crippen LogP contribution in [0.3, 0.4) is 0 Å². The van der Waals surface area contributed by atoms with Gasteiger partial charge in [-0.1, -0.05) is 25.4 Å². The molecule has 0 aliphatic carbocycles. The van der Waals surface area contributed by atoms with Gasteiger partial charge in [0.15, 0.2) is 0 Å². The van der Waals surface area contributed by atoms with Crippen LogP contribution in [0.1, 0.15) is 25.8 Å². The molecule has 1 aromatic carbocycles. The average molecular weight is 266 g/mol. The van der Waals surface area contributed by atoms with Gasteiger partial charge in [-0.05, 0) is 24.1 Å². The minimum absolute atomic E-state index is 0.164. The summed E-state index contributed by atoms with van der Waals surface area (Å²) < 4.78 is 0. The molecule has 4 nitrogen and oxygen atoms in total. The summed E-state index contributed by atoms with van der Waals surface area (Å²) in [6.07, 6.45) is 0.252. The Kier molecular flexibility index (Phi) is 5.14. The summed E-state index contributed by atoms with van der Waals surface area (Å²) in [5.41, 5.74) is 6.71. The van der Waals surface area contributed by atoms with Gasteiger partial charge in [0.2, 0.25) is 5.91 Å². The van der Waals surface area contributed by atoms with E-state index in [2.05, 4.69) is 5.32 Å². The van der Waals surface area contributed by atoms with E-state index >= 15 is 0 Å². The smallest absolute Gasteiger partial charge is 0.225 e. The maximum absolute atomic E-state index is 11.7. The summed E-state index contributed by atoms with van der Waals surface area (Å²) in [5, 5.41) is 11.9. The predicted molar refractivity (Wildman–Crippen MR) is 72.2 cm³/mol. The molecular formula is C13H16ClN3O. The highest BCUT2D eigenvalue weighted by molar-refractivity contribution is 6.31. The van der Waals surface area contributed by atoms with E-state index in [1.165, 1.54) is 0 Å². The molecule has 5 heteroatoms. The van der Waals surface area contributed by atoms with Crippen LogP contribution in [-0.4, -0.2) is 11.9 Å². The molecule has 0 spiro atoms. The van der Waals surface area contributed by atoms with Gasteiger partial charge in [-0.15, -0.1) is 0 Å². The topological polar surface area (TPSA) is 78.9 Å². The van der Waals surface area contributed by atoms with Crippen molar-refractivity contribution in [1.29, 1.82) is 5.26 Å². The first-order valence-corrected chi connectivity index (χ1v) is 6.07. The lowest BCUT2D eigenvalue weighted by Gasteiger charge is -2.15. The van der Waals surface area contributed by atoms with Crippen molar-refractivity contribution < 1.29 is 4.79 Å². The molecule has 0 heterocycles. The van der Waals surface area contributed by atoms with Gasteiger partial charge in [0.1, 0.15) is 6.07 Å². The third-order valence-corrected chi connectivity index (χ3v) is 2.98. The van der Waals surface area contributed by atoms with E-state index in [0.29, 0.717) is 16.3 Å². The van der Waals surface area contributed by atoms with Crippen molar-refractivity contribution >= 4 is 23.2 Å². The van der Waals surface area contributed by atoms with E-state index in [4.69, 9.17) is 22.6 Å². The summed E-state index contributed by atoms with van der Waals surface area (Å²) in [6.45, 7) is 3.93. The highest BCUT2D eigenvalue weighted by atomic mass is 35.5. The van der Waals surface area contributed by atoms with Gasteiger partial charge in [-0.2, -0.15) is 5.26 Å². The monoisotopic (exact) mass is 265 g/mol. The van der Waals surface area contributed by atoms with Gasteiger partial charge in [0.05, 0.1) is 10.6 Å². The standard InChI is InChI=1S/C13H16ClN3O/c1-8(2)12(16)6-13(18)17-10-3-4-11(14)9(5-10)7-15/h3-5,8,12H,6,16H2,1-2H3,(H,17,18). The van der Waals surface area contributed by atoms with Crippen LogP contribution in [-0.2, 0) is 4.79 Å². The van der Waals surface area contributed by atoms with Crippen molar-refractivity contribution in [2.24, 2.45) is 11.7 Å². The van der Waals surface area contributed by atoms with E-state index in [1.807, 2.05) is 19.9 Å². The molecule has 0 fully saturated rings. The number of carbonyl (C=O) groups excluding carboxylic acids is 1. The Morgan fingerprint density at radius 1 is 1.56 bits per heavy atom. The van der Waals surface area contributed by atoms with E-state index in [1.54, 1.807) is 18.2 Å². The molecule has 0 radical (unpaired) electrons. The Morgan fingerprint density at radius 3 is 2.78 bits per heavy atom. The van der Waals surface area contributed by atoms with Crippen LogP contribution in [0, 0.1) is 17.2 Å². The number of nitriles is 1. The molecule has 96 valence electrons. The SMILES string of the molecule is CC(C)C(N)CC(=O)Nc1ccc(Cl)c(C#N)c1. The number of hydrogen-bond acceptors (Lipinski definition) is 3. The van der Waals surface area contributed by atoms with Crippen molar-refractivity contribution in [3.8, 4) is 6.07 Å². The van der Waals surface area contributed by atoms with Gasteiger partial charge in [0.25, 0.3) is 0 Å². The molecule has 18 heavy (non-hydrogen) atoms. The Balaban J connectivity index is 2.68. The summed E-state index contributed by atoms with van der Waals surface area (Å²) >= 11 is 5.80. The molecule has 1 rings (SSSR count). The second kappa shape index (κ2) is 6.39. The fraction of sp³-hybridized carbons (Fsp3) is 0.385. The summed E-state index contributed by atoms with van der Waals surface area (Å²) in [4.78, 5) is 11.7. The van der Waals surface area contributed by atoms with Gasteiger partial charge in [-0.3, -0.25) is 4.79 Å². The number of nitrogens with zero attached hydrogens (tertiary/aromatic N) is 1. The largest absolute Gasteiger partial charge is 0.327 e. The van der Waals surface area contributed by atoms with Crippen LogP contribution in [0.15, 0.2) is 18.2 Å². The molecule has 1 aromatic rings. The highest BCUT2D eigenvalue weighted by Crippen LogP contribution is 2.19. The number of amides is 1. The maximum atomic E-state index is 11.7. The average Bonchev–Trinajstić information content (AvgIpc) is 2.31. The zero-order valence-corrected chi connectivity index (χ0v) is 11.2. The molecule has 1 unspecified atom stereocenters. The molecular weight excluding hydrogens is 250 g/mol. The fourth-order valence-corrected chi connectivity index (χ4v) is 1.51. The van der Waals surface area contributed by atoms with E-state index < -0.39 is 0 Å². The number of anilines is 1. The first-order chi connectivity index (χ1) is 8.43. The first-order valence-electron chi connectivity index (χ1n) is 5.69. The van der Waals surface area contributed by atoms with Gasteiger partial charge >= 0.3 is 0 Å². The zero-order chi connectivity index (χ0) is 13.7. The maximum Gasteiger partial charge on any atom is 0.225 e. The second-order valence-corrected chi connectivity index (χ2v) is 4.87. The second-order valence-electron chi connectivity index (χ2n) is 4.47. The lowest BCUT2D eigenvalue weighted by molar-refractivity contribution is -0.116. The quantitative estimate of drug-likeness (QED) is 0.878. The first kappa shape index (κ1) is 14.5. The molecule has 0 aliphatic heterocycles. The molecule has 0 saturated carbocycles. The van der Waals surface area contributed by atoms with E-state index in [0.717, 1.165) is 0 Å². The minimum Gasteiger partial charge on any atom is -0.327 e. The summed E-state index contributed by atoms with van der Waals surface area (Å²) in [5.74, 6) is 0.0815. The van der Waals surface area contributed by atoms with E-state index in [-0.39, 0.29) is 24.3 Å². The Hall–Kier alpha value is -1.57. The van der Waals surface area contributed by atoms with Gasteiger partial charge in [0, 0.05) is 18.2 Å². The van der Waals surface area contributed by atoms with Crippen molar-refractivity contribution in [1.82, 2.24) is 0 Å². The molecule has 0 aromatic heterocycles. The Labute approximate surface area is 112 Å². The Morgan fingerprint density at radius 2 is 2.22 bits per heavy atom. The number of nitrogens with two attached hydrogens (primary N) is 1. The van der Waals surface area contributed by atoms with Crippen LogP contribution in [0.2, 0.25) is 5.02 Å². The third kappa shape index (κ3) is 4.02. The number of carbonyl (C=O) groups is 1. The Bertz CT molecular complexity index is 480. The molecule has 1 amide bonds. The van der Waals surface area contributed by atoms with Gasteiger partial charge < -0.3 is 11.1 Å². The number of benzene rings is 1. The number of hydrogen-bond donors (Lipinski definition) is 2. The molecule has 3 N–H and O–H groups in total. The van der Waals surface area contributed by atoms with Crippen LogP contribution >= 0.6 is 11.6 Å². The van der Waals surface area contributed by atoms with Crippen LogP contribution in [0.5, 0.6) is 0 Å². The van der Waals surface area contributed by atoms with Crippen molar-refractivity contribution in [2.75, 3.05) is 5.32 Å². The van der Waals surface area contributed by atoms with Crippen molar-refractivity contribution in [3.63, 3.8) is 0 Å². The lowest BCUT2D eigenvalue weighted by atomic mass is 10.0. The summed E-state index contributed by atoms with van der Waals surface area (Å²) in [7, 11) is 0. The van der Waals surface area contributed by atoms with Crippen LogP contribution in [0.4, 0.5) is 5.69 Å². The summed E-state index contributed by atoms with van der Waals surface area (Å²) in [6, 6.07) is 6.57. The predicted octanol–water partition coefficient (Wildman–Crippen LogP) is 2.52. The molecule has 0 aliphatic rings. The number of halogens is 1. The number of rotatable bonds is 4. The zero-order valence-electron chi connectivity index (χ0n) is 10.4. The lowest BCUT2D eigenvalue weighted by Crippen LogP contribution is -2.31. The molecule has 0 bridgehead atoms. The van der Waals surface area contributed by atoms with Crippen molar-refractivity contribution in [2.45, 2.75) is 26.3 Å². The molecule has 1 atom stereocenters. The normalized spacial score (nSPS) is 12.0. The highest BCUT2D eigenvalue weighted by Gasteiger charge is 2.13. The molecule has 0 saturated heterocycles. The van der Waals surface area contributed by atoms with Crippen molar-refractivity contribution in [3.05, 3.63) is 28.8 Å². The van der Waals surface area contributed by atoms with E-state index in [9.17, 15) is 4.79 Å². The van der Waals surface area contributed by atoms with Gasteiger partial charge in [-0.25, -0.2) is 0 Å². The fourth-order valence-electron chi connectivity index (χ4n) is 1.35. The third-order valence-electron chi connectivity index (χ3n) is 2.65.